The number of aliphatic hydroxyl groups excluding tert-OH is 3. The summed E-state index contributed by atoms with van der Waals surface area (Å²) in [7, 11) is 0. The maximum Gasteiger partial charge on any atom is 0.164 e. The van der Waals surface area contributed by atoms with E-state index in [0.29, 0.717) is 5.57 Å². The summed E-state index contributed by atoms with van der Waals surface area (Å²) in [5.74, 6) is -0.146. The smallest absolute Gasteiger partial charge is 0.164 e. The summed E-state index contributed by atoms with van der Waals surface area (Å²) in [5, 5.41) is 32.4. The molecule has 0 saturated heterocycles. The normalized spacial score (nSPS) is 35.2. The van der Waals surface area contributed by atoms with E-state index in [-0.39, 0.29) is 18.5 Å². The lowest BCUT2D eigenvalue weighted by molar-refractivity contribution is 0.0825. The van der Waals surface area contributed by atoms with E-state index in [1.54, 1.807) is 6.92 Å². The highest BCUT2D eigenvalue weighted by Crippen LogP contribution is 2.15. The van der Waals surface area contributed by atoms with Gasteiger partial charge in [-0.2, -0.15) is 0 Å². The standard InChI is InChI=1S/C7H15N3O3/c1-3-4(9-2-11)6(8)10-7(13)5(3)12/h4,6-7,9-13H,2,8H2,1H3. The van der Waals surface area contributed by atoms with Crippen molar-refractivity contribution in [1.29, 1.82) is 0 Å². The van der Waals surface area contributed by atoms with E-state index in [1.165, 1.54) is 0 Å². The maximum atomic E-state index is 9.35. The minimum absolute atomic E-state index is 0.146. The Hall–Kier alpha value is -0.660. The molecule has 6 nitrogen and oxygen atoms in total. The van der Waals surface area contributed by atoms with Crippen molar-refractivity contribution in [2.24, 2.45) is 5.73 Å². The highest BCUT2D eigenvalue weighted by molar-refractivity contribution is 5.21. The van der Waals surface area contributed by atoms with Gasteiger partial charge in [0.15, 0.2) is 6.23 Å². The number of nitrogens with two attached hydrogens (primary N) is 1. The Morgan fingerprint density at radius 2 is 2.23 bits per heavy atom. The molecule has 0 saturated carbocycles. The third-order valence-electron chi connectivity index (χ3n) is 2.15. The zero-order chi connectivity index (χ0) is 10.0. The maximum absolute atomic E-state index is 9.35. The van der Waals surface area contributed by atoms with E-state index in [0.717, 1.165) is 0 Å². The second-order valence-electron chi connectivity index (χ2n) is 3.00. The van der Waals surface area contributed by atoms with Gasteiger partial charge in [0.05, 0.1) is 18.9 Å². The van der Waals surface area contributed by atoms with Gasteiger partial charge in [-0.1, -0.05) is 0 Å². The number of aliphatic hydroxyl groups is 3. The molecule has 76 valence electrons. The lowest BCUT2D eigenvalue weighted by Crippen LogP contribution is -2.61. The van der Waals surface area contributed by atoms with Crippen LogP contribution in [0.15, 0.2) is 11.3 Å². The van der Waals surface area contributed by atoms with Gasteiger partial charge in [0.2, 0.25) is 0 Å². The highest BCUT2D eigenvalue weighted by Gasteiger charge is 2.30. The predicted octanol–water partition coefficient (Wildman–Crippen LogP) is -2.07. The van der Waals surface area contributed by atoms with Crippen LogP contribution in [0.5, 0.6) is 0 Å². The van der Waals surface area contributed by atoms with Crippen LogP contribution in [-0.4, -0.2) is 40.5 Å². The molecule has 0 amide bonds. The van der Waals surface area contributed by atoms with Gasteiger partial charge in [-0.15, -0.1) is 0 Å². The number of hydrogen-bond donors (Lipinski definition) is 6. The largest absolute Gasteiger partial charge is 0.508 e. The van der Waals surface area contributed by atoms with Crippen molar-refractivity contribution in [3.8, 4) is 0 Å². The minimum atomic E-state index is -1.12. The Labute approximate surface area is 76.1 Å². The summed E-state index contributed by atoms with van der Waals surface area (Å²) in [6.07, 6.45) is -1.65. The molecule has 0 fully saturated rings. The van der Waals surface area contributed by atoms with Crippen LogP contribution in [0, 0.1) is 0 Å². The minimum Gasteiger partial charge on any atom is -0.508 e. The first-order chi connectivity index (χ1) is 6.07. The molecule has 0 aromatic carbocycles. The summed E-state index contributed by atoms with van der Waals surface area (Å²) < 4.78 is 0. The van der Waals surface area contributed by atoms with Crippen LogP contribution in [-0.2, 0) is 0 Å². The third kappa shape index (κ3) is 1.98. The SMILES string of the molecule is CC1=C(O)C(O)NC(N)C1NCO. The van der Waals surface area contributed by atoms with Crippen molar-refractivity contribution in [2.45, 2.75) is 25.4 Å². The Morgan fingerprint density at radius 3 is 2.77 bits per heavy atom. The molecular weight excluding hydrogens is 174 g/mol. The van der Waals surface area contributed by atoms with Crippen LogP contribution < -0.4 is 16.4 Å². The fourth-order valence-corrected chi connectivity index (χ4v) is 1.38. The molecule has 0 aromatic rings. The van der Waals surface area contributed by atoms with Crippen LogP contribution in [0.25, 0.3) is 0 Å². The molecule has 6 heteroatoms. The van der Waals surface area contributed by atoms with Crippen molar-refractivity contribution in [2.75, 3.05) is 6.73 Å². The summed E-state index contributed by atoms with van der Waals surface area (Å²) in [4.78, 5) is 0. The third-order valence-corrected chi connectivity index (χ3v) is 2.15. The fraction of sp³-hybridized carbons (Fsp3) is 0.714. The summed E-state index contributed by atoms with van der Waals surface area (Å²) >= 11 is 0. The molecule has 0 aromatic heterocycles. The Kier molecular flexibility index (Phi) is 3.23. The van der Waals surface area contributed by atoms with E-state index in [9.17, 15) is 10.2 Å². The van der Waals surface area contributed by atoms with Crippen LogP contribution in [0.2, 0.25) is 0 Å². The Bertz CT molecular complexity index is 219. The molecule has 0 aliphatic carbocycles. The van der Waals surface area contributed by atoms with E-state index < -0.39 is 12.4 Å². The molecule has 0 spiro atoms. The van der Waals surface area contributed by atoms with Crippen LogP contribution >= 0.6 is 0 Å². The predicted molar refractivity (Wildman–Crippen MR) is 46.5 cm³/mol. The Morgan fingerprint density at radius 1 is 1.62 bits per heavy atom. The molecule has 3 atom stereocenters. The average molecular weight is 189 g/mol. The van der Waals surface area contributed by atoms with Gasteiger partial charge >= 0.3 is 0 Å². The quantitative estimate of drug-likeness (QED) is 0.278. The van der Waals surface area contributed by atoms with Gasteiger partial charge in [-0.3, -0.25) is 10.6 Å². The summed E-state index contributed by atoms with van der Waals surface area (Å²) in [5.41, 5.74) is 6.15. The molecule has 1 heterocycles. The summed E-state index contributed by atoms with van der Waals surface area (Å²) in [6.45, 7) is 1.41. The van der Waals surface area contributed by atoms with Crippen molar-refractivity contribution >= 4 is 0 Å². The first-order valence-corrected chi connectivity index (χ1v) is 4.01. The number of hydrogen-bond acceptors (Lipinski definition) is 6. The van der Waals surface area contributed by atoms with E-state index in [1.807, 2.05) is 0 Å². The molecular formula is C7H15N3O3. The van der Waals surface area contributed by atoms with Gasteiger partial charge in [0, 0.05) is 0 Å². The van der Waals surface area contributed by atoms with Gasteiger partial charge < -0.3 is 21.1 Å². The molecule has 13 heavy (non-hydrogen) atoms. The van der Waals surface area contributed by atoms with Crippen molar-refractivity contribution in [3.63, 3.8) is 0 Å². The molecule has 1 rings (SSSR count). The Balaban J connectivity index is 2.82. The number of rotatable bonds is 2. The van der Waals surface area contributed by atoms with Crippen LogP contribution in [0.3, 0.4) is 0 Å². The zero-order valence-electron chi connectivity index (χ0n) is 7.36. The van der Waals surface area contributed by atoms with Gasteiger partial charge in [-0.05, 0) is 12.5 Å². The van der Waals surface area contributed by atoms with Crippen molar-refractivity contribution in [1.82, 2.24) is 10.6 Å². The van der Waals surface area contributed by atoms with E-state index in [4.69, 9.17) is 10.8 Å². The fourth-order valence-electron chi connectivity index (χ4n) is 1.38. The molecule has 7 N–H and O–H groups in total. The van der Waals surface area contributed by atoms with Crippen LogP contribution in [0.4, 0.5) is 0 Å². The lowest BCUT2D eigenvalue weighted by Gasteiger charge is -2.33. The molecule has 0 bridgehead atoms. The average Bonchev–Trinajstić information content (AvgIpc) is 2.09. The van der Waals surface area contributed by atoms with E-state index >= 15 is 0 Å². The van der Waals surface area contributed by atoms with Gasteiger partial charge in [0.25, 0.3) is 0 Å². The first-order valence-electron chi connectivity index (χ1n) is 4.01. The molecule has 3 unspecified atom stereocenters. The second-order valence-corrected chi connectivity index (χ2v) is 3.00. The highest BCUT2D eigenvalue weighted by atomic mass is 16.3. The second kappa shape index (κ2) is 4.03. The molecule has 0 radical (unpaired) electrons. The molecule has 1 aliphatic rings. The van der Waals surface area contributed by atoms with E-state index in [2.05, 4.69) is 10.6 Å². The van der Waals surface area contributed by atoms with Crippen LogP contribution in [0.1, 0.15) is 6.92 Å². The van der Waals surface area contributed by atoms with Crippen molar-refractivity contribution < 1.29 is 15.3 Å². The topological polar surface area (TPSA) is 111 Å². The van der Waals surface area contributed by atoms with Gasteiger partial charge in [0.1, 0.15) is 5.76 Å². The van der Waals surface area contributed by atoms with Crippen molar-refractivity contribution in [3.05, 3.63) is 11.3 Å². The molecule has 1 aliphatic heterocycles. The lowest BCUT2D eigenvalue weighted by atomic mass is 10.0. The number of nitrogens with one attached hydrogen (secondary N) is 2. The zero-order valence-corrected chi connectivity index (χ0v) is 7.36. The first kappa shape index (κ1) is 10.4. The summed E-state index contributed by atoms with van der Waals surface area (Å²) in [6, 6.07) is -0.367. The monoisotopic (exact) mass is 189 g/mol. The van der Waals surface area contributed by atoms with Gasteiger partial charge in [-0.25, -0.2) is 0 Å².